The van der Waals surface area contributed by atoms with Crippen LogP contribution < -0.4 is 31.5 Å². The van der Waals surface area contributed by atoms with E-state index in [-0.39, 0.29) is 72.7 Å². The fraction of sp³-hybridized carbons (Fsp3) is 0.472. The molecule has 0 bridgehead atoms. The number of ether oxygens (including phenoxy) is 3. The van der Waals surface area contributed by atoms with Gasteiger partial charge in [-0.2, -0.15) is 21.4 Å². The lowest BCUT2D eigenvalue weighted by molar-refractivity contribution is -0.438. The van der Waals surface area contributed by atoms with Crippen LogP contribution in [0.4, 0.5) is 17.1 Å². The number of carboxylic acid groups (broad SMARTS) is 1. The summed E-state index contributed by atoms with van der Waals surface area (Å²) in [5.74, 6) is -2.16. The molecule has 27 heteroatoms. The molecule has 99 heavy (non-hydrogen) atoms. The molecule has 8 rings (SSSR count). The number of fused-ring (bicyclic) bond motifs is 7. The van der Waals surface area contributed by atoms with E-state index in [0.29, 0.717) is 121 Å². The van der Waals surface area contributed by atoms with Crippen LogP contribution in [0.25, 0.3) is 22.5 Å². The number of para-hydroxylation sites is 2. The number of carbonyl (C=O) groups excluding carboxylic acids is 4. The molecule has 25 nitrogen and oxygen atoms in total. The Labute approximate surface area is 580 Å². The predicted molar refractivity (Wildman–Crippen MR) is 378 cm³/mol. The Bertz CT molecular complexity index is 4010. The molecular weight excluding hydrogens is 1310 g/mol. The number of benzene rings is 4. The zero-order valence-corrected chi connectivity index (χ0v) is 58.7. The second kappa shape index (κ2) is 36.2. The quantitative estimate of drug-likeness (QED) is 0.00838. The monoisotopic (exact) mass is 1400 g/mol. The van der Waals surface area contributed by atoms with Gasteiger partial charge in [0, 0.05) is 104 Å². The van der Waals surface area contributed by atoms with E-state index in [1.807, 2.05) is 104 Å². The molecule has 0 saturated carbocycles. The van der Waals surface area contributed by atoms with Crippen molar-refractivity contribution in [3.8, 4) is 22.5 Å². The van der Waals surface area contributed by atoms with Crippen LogP contribution in [-0.4, -0.2) is 170 Å². The van der Waals surface area contributed by atoms with Gasteiger partial charge in [0.15, 0.2) is 5.71 Å². The van der Waals surface area contributed by atoms with E-state index in [9.17, 15) is 49.9 Å². The van der Waals surface area contributed by atoms with Crippen LogP contribution in [-0.2, 0) is 82.3 Å². The summed E-state index contributed by atoms with van der Waals surface area (Å²) in [6.07, 6.45) is 16.3. The fourth-order valence-corrected chi connectivity index (χ4v) is 13.7. The van der Waals surface area contributed by atoms with Crippen molar-refractivity contribution >= 4 is 72.6 Å². The lowest BCUT2D eigenvalue weighted by atomic mass is 9.81. The maximum absolute atomic E-state index is 14.3. The van der Waals surface area contributed by atoms with Gasteiger partial charge < -0.3 is 50.8 Å². The first-order valence-electron chi connectivity index (χ1n) is 33.9. The zero-order valence-electron chi connectivity index (χ0n) is 57.0. The molecular formula is C72H95N10O15S2+. The molecule has 4 aromatic carbocycles. The van der Waals surface area contributed by atoms with Crippen LogP contribution >= 0.6 is 0 Å². The van der Waals surface area contributed by atoms with Crippen molar-refractivity contribution in [3.63, 3.8) is 0 Å². The summed E-state index contributed by atoms with van der Waals surface area (Å²) in [7, 11) is -8.69. The number of carbonyl (C=O) groups is 5. The standard InChI is InChI=1S/C72H94N10O15S2/c1-71(2)56-25-16-18-27-60(56)79(62(71)28-9-7-10-29-63-72(3,4)57-50-53(99(92,93)94)32-34-61(57)80(63)41-21-49-98(89,90)91)40-20-6-5-11-30-64(83)75-38-36-67(86)81-51-52-22-13-14-23-54(52)68-69(55-24-15-17-26-59(55)81)82(78-77-68)42-44-96-46-48-97-47-45-95-43-39-76-65(84)31-12-8-19-37-74-66(85)35-33-58(73)70(87)88/h7,9-10,13-18,22-29,32,34,50,58H,5-6,8,11-12,19-21,30-31,33,35-49,51,73H2,1-4H3,(H5-,74,75,76,83,84,85,87,88,89,90,91,92,93,94)/p+1/t58-/m0/s1. The van der Waals surface area contributed by atoms with Crippen LogP contribution in [0.5, 0.6) is 0 Å². The number of carboxylic acids is 1. The number of nitrogens with two attached hydrogens (primary N) is 1. The number of hydrogen-bond donors (Lipinski definition) is 7. The summed E-state index contributed by atoms with van der Waals surface area (Å²) >= 11 is 0. The molecule has 3 aliphatic heterocycles. The number of nitrogens with one attached hydrogen (secondary N) is 3. The van der Waals surface area contributed by atoms with Gasteiger partial charge in [0.05, 0.1) is 80.2 Å². The van der Waals surface area contributed by atoms with Crippen molar-refractivity contribution in [2.45, 2.75) is 146 Å². The van der Waals surface area contributed by atoms with Gasteiger partial charge in [0.1, 0.15) is 18.3 Å². The number of rotatable bonds is 40. The summed E-state index contributed by atoms with van der Waals surface area (Å²) in [6.45, 7) is 13.0. The molecule has 0 aliphatic carbocycles. The number of allylic oxidation sites excluding steroid dienone is 6. The molecule has 0 spiro atoms. The molecule has 5 aromatic rings. The highest BCUT2D eigenvalue weighted by Crippen LogP contribution is 2.49. The van der Waals surface area contributed by atoms with E-state index in [1.165, 1.54) is 17.7 Å². The Morgan fingerprint density at radius 3 is 2.01 bits per heavy atom. The summed E-state index contributed by atoms with van der Waals surface area (Å²) in [5.41, 5.74) is 14.7. The minimum Gasteiger partial charge on any atom is -0.480 e. The van der Waals surface area contributed by atoms with Crippen LogP contribution in [0, 0.1) is 0 Å². The highest BCUT2D eigenvalue weighted by atomic mass is 32.2. The first kappa shape index (κ1) is 76.5. The van der Waals surface area contributed by atoms with E-state index in [4.69, 9.17) is 25.1 Å². The van der Waals surface area contributed by atoms with Crippen molar-refractivity contribution in [2.75, 3.05) is 87.9 Å². The third-order valence-electron chi connectivity index (χ3n) is 17.9. The third-order valence-corrected chi connectivity index (χ3v) is 19.6. The molecule has 4 amide bonds. The summed E-state index contributed by atoms with van der Waals surface area (Å²) in [6, 6.07) is 27.2. The van der Waals surface area contributed by atoms with Gasteiger partial charge in [0.2, 0.25) is 29.3 Å². The van der Waals surface area contributed by atoms with Gasteiger partial charge in [-0.05, 0) is 93.8 Å². The smallest absolute Gasteiger partial charge is 0.320 e. The van der Waals surface area contributed by atoms with Crippen molar-refractivity contribution in [2.24, 2.45) is 5.73 Å². The molecule has 0 saturated heterocycles. The summed E-state index contributed by atoms with van der Waals surface area (Å²) < 4.78 is 88.3. The number of aromatic nitrogens is 3. The number of amides is 4. The minimum atomic E-state index is -4.48. The van der Waals surface area contributed by atoms with Crippen LogP contribution in [0.1, 0.15) is 128 Å². The lowest BCUT2D eigenvalue weighted by Crippen LogP contribution is -2.35. The SMILES string of the molecule is CC1(C)C(/C=C/C=C/C=C2\N(CCCS(=O)(=O)O)c3ccc(S(=O)(=O)O)cc3C2(C)C)=[N+](CCCCCCC(=O)NCCC(=O)N2Cc3ccccc3-c3nnn(CCOCCOCCOCCNC(=O)CCCCCNC(=O)CC[C@H](N)C(=O)O)c3-c3ccccc32)c2ccccc21. The topological polar surface area (TPSA) is 344 Å². The molecule has 0 fully saturated rings. The summed E-state index contributed by atoms with van der Waals surface area (Å²) in [5, 5.41) is 26.6. The van der Waals surface area contributed by atoms with E-state index in [0.717, 1.165) is 71.7 Å². The van der Waals surface area contributed by atoms with Gasteiger partial charge in [-0.15, -0.1) is 5.10 Å². The van der Waals surface area contributed by atoms with Crippen LogP contribution in [0.3, 0.4) is 0 Å². The third kappa shape index (κ3) is 21.4. The lowest BCUT2D eigenvalue weighted by Gasteiger charge is -2.29. The molecule has 3 aliphatic rings. The molecule has 534 valence electrons. The zero-order chi connectivity index (χ0) is 71.2. The molecule has 1 atom stereocenters. The second-order valence-electron chi connectivity index (χ2n) is 25.8. The van der Waals surface area contributed by atoms with E-state index in [2.05, 4.69) is 62.9 Å². The fourth-order valence-electron chi connectivity index (χ4n) is 12.7. The number of unbranched alkanes of at least 4 members (excludes halogenated alkanes) is 5. The number of hydrogen-bond acceptors (Lipinski definition) is 16. The van der Waals surface area contributed by atoms with Gasteiger partial charge in [-0.1, -0.05) is 111 Å². The highest BCUT2D eigenvalue weighted by molar-refractivity contribution is 7.86. The maximum Gasteiger partial charge on any atom is 0.320 e. The predicted octanol–water partition coefficient (Wildman–Crippen LogP) is 8.35. The average molecular weight is 1400 g/mol. The van der Waals surface area contributed by atoms with Gasteiger partial charge in [0.25, 0.3) is 20.2 Å². The van der Waals surface area contributed by atoms with Crippen LogP contribution in [0.15, 0.2) is 132 Å². The first-order chi connectivity index (χ1) is 47.4. The van der Waals surface area contributed by atoms with E-state index < -0.39 is 43.4 Å². The molecule has 8 N–H and O–H groups in total. The van der Waals surface area contributed by atoms with Gasteiger partial charge in [-0.3, -0.25) is 33.1 Å². The van der Waals surface area contributed by atoms with Crippen molar-refractivity contribution < 1.29 is 73.8 Å². The Morgan fingerprint density at radius 2 is 1.28 bits per heavy atom. The van der Waals surface area contributed by atoms with Crippen molar-refractivity contribution in [1.29, 1.82) is 0 Å². The highest BCUT2D eigenvalue weighted by Gasteiger charge is 2.44. The molecule has 0 unspecified atom stereocenters. The van der Waals surface area contributed by atoms with Gasteiger partial charge >= 0.3 is 5.97 Å². The van der Waals surface area contributed by atoms with Gasteiger partial charge in [-0.25, -0.2) is 4.68 Å². The van der Waals surface area contributed by atoms with E-state index >= 15 is 0 Å². The number of aliphatic carboxylic acids is 1. The normalized spacial score (nSPS) is 15.3. The second-order valence-corrected chi connectivity index (χ2v) is 28.8. The Morgan fingerprint density at radius 1 is 0.646 bits per heavy atom. The van der Waals surface area contributed by atoms with E-state index in [1.54, 1.807) is 15.6 Å². The Hall–Kier alpha value is -8.28. The Kier molecular flexibility index (Phi) is 27.9. The van der Waals surface area contributed by atoms with Crippen molar-refractivity contribution in [1.82, 2.24) is 30.9 Å². The average Bonchev–Trinajstić information content (AvgIpc) is 1.64. The minimum absolute atomic E-state index is 0.0505. The summed E-state index contributed by atoms with van der Waals surface area (Å²) in [4.78, 5) is 65.9. The number of anilines is 2. The maximum atomic E-state index is 14.3. The van der Waals surface area contributed by atoms with Crippen molar-refractivity contribution in [3.05, 3.63) is 144 Å². The van der Waals surface area contributed by atoms with Crippen LogP contribution in [0.2, 0.25) is 0 Å². The first-order valence-corrected chi connectivity index (χ1v) is 37.0. The molecule has 0 radical (unpaired) electrons. The molecule has 1 aromatic heterocycles. The molecule has 4 heterocycles. The Balaban J connectivity index is 0.755. The number of nitrogens with zero attached hydrogens (tertiary/aromatic N) is 6. The largest absolute Gasteiger partial charge is 0.480 e.